The molecule has 0 unspecified atom stereocenters. The molecule has 1 N–H and O–H groups in total. The van der Waals surface area contributed by atoms with Gasteiger partial charge in [0.15, 0.2) is 0 Å². The number of amides is 1. The van der Waals surface area contributed by atoms with E-state index in [4.69, 9.17) is 0 Å². The zero-order valence-electron chi connectivity index (χ0n) is 11.7. The van der Waals surface area contributed by atoms with E-state index < -0.39 is 0 Å². The number of aromatic amines is 1. The van der Waals surface area contributed by atoms with Crippen molar-refractivity contribution in [2.24, 2.45) is 0 Å². The molecular weight excluding hydrogens is 268 g/mol. The molecule has 1 fully saturated rings. The maximum Gasteiger partial charge on any atom is 0.251 e. The van der Waals surface area contributed by atoms with Gasteiger partial charge in [0.25, 0.3) is 5.56 Å². The third-order valence-corrected chi connectivity index (χ3v) is 3.71. The Hall–Kier alpha value is -2.50. The summed E-state index contributed by atoms with van der Waals surface area (Å²) >= 11 is 0. The van der Waals surface area contributed by atoms with Crippen LogP contribution in [0.25, 0.3) is 11.3 Å². The number of likely N-dealkylation sites (tertiary alicyclic amines) is 1. The van der Waals surface area contributed by atoms with E-state index >= 15 is 0 Å². The van der Waals surface area contributed by atoms with Gasteiger partial charge >= 0.3 is 0 Å². The second-order valence-electron chi connectivity index (χ2n) is 5.12. The van der Waals surface area contributed by atoms with Crippen molar-refractivity contribution in [1.82, 2.24) is 19.9 Å². The van der Waals surface area contributed by atoms with Gasteiger partial charge in [0.2, 0.25) is 5.91 Å². The topological polar surface area (TPSA) is 79.0 Å². The van der Waals surface area contributed by atoms with Crippen LogP contribution in [0.15, 0.2) is 35.4 Å². The number of aromatic nitrogens is 3. The van der Waals surface area contributed by atoms with Gasteiger partial charge in [-0.1, -0.05) is 0 Å². The number of hydrogen-bond donors (Lipinski definition) is 1. The Morgan fingerprint density at radius 2 is 2.14 bits per heavy atom. The van der Waals surface area contributed by atoms with Crippen LogP contribution in [0.1, 0.15) is 31.6 Å². The van der Waals surface area contributed by atoms with E-state index in [1.807, 2.05) is 12.1 Å². The molecule has 1 atom stereocenters. The summed E-state index contributed by atoms with van der Waals surface area (Å²) in [7, 11) is 0. The lowest BCUT2D eigenvalue weighted by Crippen LogP contribution is -2.30. The molecule has 108 valence electrons. The largest absolute Gasteiger partial charge is 0.333 e. The molecule has 2 aromatic rings. The van der Waals surface area contributed by atoms with Gasteiger partial charge in [0, 0.05) is 37.5 Å². The molecule has 1 amide bonds. The minimum absolute atomic E-state index is 0.00876. The van der Waals surface area contributed by atoms with Crippen LogP contribution in [-0.2, 0) is 4.79 Å². The van der Waals surface area contributed by atoms with Crippen LogP contribution in [-0.4, -0.2) is 32.3 Å². The van der Waals surface area contributed by atoms with Gasteiger partial charge in [-0.25, -0.2) is 4.98 Å². The van der Waals surface area contributed by atoms with E-state index in [2.05, 4.69) is 15.0 Å². The first-order valence-electron chi connectivity index (χ1n) is 6.94. The van der Waals surface area contributed by atoms with E-state index in [0.717, 1.165) is 18.4 Å². The normalized spacial score (nSPS) is 18.0. The predicted molar refractivity (Wildman–Crippen MR) is 77.5 cm³/mol. The van der Waals surface area contributed by atoms with Crippen molar-refractivity contribution < 1.29 is 4.79 Å². The summed E-state index contributed by atoms with van der Waals surface area (Å²) in [6.45, 7) is 2.26. The lowest BCUT2D eigenvalue weighted by molar-refractivity contribution is -0.129. The molecule has 21 heavy (non-hydrogen) atoms. The number of nitrogens with zero attached hydrogens (tertiary/aromatic N) is 3. The second-order valence-corrected chi connectivity index (χ2v) is 5.12. The maximum absolute atomic E-state index is 11.9. The first-order valence-corrected chi connectivity index (χ1v) is 6.94. The van der Waals surface area contributed by atoms with E-state index in [1.54, 1.807) is 24.2 Å². The highest BCUT2D eigenvalue weighted by molar-refractivity contribution is 5.74. The second kappa shape index (κ2) is 5.47. The predicted octanol–water partition coefficient (Wildman–Crippen LogP) is 1.52. The Bertz CT molecular complexity index is 711. The van der Waals surface area contributed by atoms with Crippen molar-refractivity contribution in [3.05, 3.63) is 46.8 Å². The van der Waals surface area contributed by atoms with Gasteiger partial charge in [-0.05, 0) is 25.0 Å². The number of pyridine rings is 1. The number of nitrogens with one attached hydrogen (secondary N) is 1. The molecule has 0 radical (unpaired) electrons. The number of carbonyl (C=O) groups excluding carboxylic acids is 1. The Balaban J connectivity index is 2.02. The van der Waals surface area contributed by atoms with Crippen molar-refractivity contribution in [3.63, 3.8) is 0 Å². The molecule has 3 heterocycles. The molecule has 1 aliphatic heterocycles. The molecule has 2 aromatic heterocycles. The Labute approximate surface area is 121 Å². The van der Waals surface area contributed by atoms with Crippen molar-refractivity contribution in [2.75, 3.05) is 6.54 Å². The van der Waals surface area contributed by atoms with Crippen molar-refractivity contribution >= 4 is 5.91 Å². The number of carbonyl (C=O) groups is 1. The Morgan fingerprint density at radius 1 is 1.38 bits per heavy atom. The quantitative estimate of drug-likeness (QED) is 0.906. The first kappa shape index (κ1) is 13.5. The van der Waals surface area contributed by atoms with Gasteiger partial charge in [0.05, 0.1) is 11.7 Å². The minimum Gasteiger partial charge on any atom is -0.333 e. The van der Waals surface area contributed by atoms with Crippen LogP contribution in [0.2, 0.25) is 0 Å². The zero-order chi connectivity index (χ0) is 14.8. The lowest BCUT2D eigenvalue weighted by atomic mass is 10.1. The third kappa shape index (κ3) is 2.69. The first-order chi connectivity index (χ1) is 10.1. The Morgan fingerprint density at radius 3 is 2.86 bits per heavy atom. The van der Waals surface area contributed by atoms with Crippen LogP contribution in [0.3, 0.4) is 0 Å². The molecule has 3 rings (SSSR count). The number of H-pyrrole nitrogens is 1. The number of rotatable bonds is 2. The van der Waals surface area contributed by atoms with Crippen LogP contribution in [0, 0.1) is 0 Å². The summed E-state index contributed by atoms with van der Waals surface area (Å²) in [5, 5.41) is 0. The van der Waals surface area contributed by atoms with Gasteiger partial charge < -0.3 is 9.88 Å². The summed E-state index contributed by atoms with van der Waals surface area (Å²) < 4.78 is 0. The van der Waals surface area contributed by atoms with Gasteiger partial charge in [-0.3, -0.25) is 14.6 Å². The standard InChI is InChI=1S/C15H16N4O2/c1-10(20)19-8-2-3-13(19)15-17-12(9-14(21)18-15)11-4-6-16-7-5-11/h4-7,9,13H,2-3,8H2,1H3,(H,17,18,21)/t13-/m0/s1. The van der Waals surface area contributed by atoms with Crippen LogP contribution >= 0.6 is 0 Å². The molecule has 0 aromatic carbocycles. The third-order valence-electron chi connectivity index (χ3n) is 3.71. The molecular formula is C15H16N4O2. The molecule has 1 aliphatic rings. The van der Waals surface area contributed by atoms with Gasteiger partial charge in [-0.15, -0.1) is 0 Å². The van der Waals surface area contributed by atoms with Gasteiger partial charge in [0.1, 0.15) is 5.82 Å². The molecule has 0 aliphatic carbocycles. The summed E-state index contributed by atoms with van der Waals surface area (Å²) in [4.78, 5) is 36.6. The minimum atomic E-state index is -0.206. The van der Waals surface area contributed by atoms with E-state index in [1.165, 1.54) is 6.07 Å². The van der Waals surface area contributed by atoms with Crippen molar-refractivity contribution in [3.8, 4) is 11.3 Å². The smallest absolute Gasteiger partial charge is 0.251 e. The monoisotopic (exact) mass is 284 g/mol. The fourth-order valence-electron chi connectivity index (χ4n) is 2.73. The highest BCUT2D eigenvalue weighted by Crippen LogP contribution is 2.30. The molecule has 1 saturated heterocycles. The van der Waals surface area contributed by atoms with Crippen molar-refractivity contribution in [1.29, 1.82) is 0 Å². The maximum atomic E-state index is 11.9. The molecule has 0 spiro atoms. The summed E-state index contributed by atoms with van der Waals surface area (Å²) in [5.41, 5.74) is 1.23. The highest BCUT2D eigenvalue weighted by atomic mass is 16.2. The van der Waals surface area contributed by atoms with E-state index in [9.17, 15) is 9.59 Å². The molecule has 6 nitrogen and oxygen atoms in total. The van der Waals surface area contributed by atoms with Crippen LogP contribution in [0.5, 0.6) is 0 Å². The Kier molecular flexibility index (Phi) is 3.51. The summed E-state index contributed by atoms with van der Waals surface area (Å²) in [6.07, 6.45) is 5.07. The molecule has 0 bridgehead atoms. The fraction of sp³-hybridized carbons (Fsp3) is 0.333. The highest BCUT2D eigenvalue weighted by Gasteiger charge is 2.29. The average molecular weight is 284 g/mol. The van der Waals surface area contributed by atoms with Crippen LogP contribution < -0.4 is 5.56 Å². The lowest BCUT2D eigenvalue weighted by Gasteiger charge is -2.22. The average Bonchev–Trinajstić information content (AvgIpc) is 2.97. The van der Waals surface area contributed by atoms with E-state index in [-0.39, 0.29) is 17.5 Å². The van der Waals surface area contributed by atoms with Crippen LogP contribution in [0.4, 0.5) is 0 Å². The summed E-state index contributed by atoms with van der Waals surface area (Å²) in [5.74, 6) is 0.566. The van der Waals surface area contributed by atoms with E-state index in [0.29, 0.717) is 18.1 Å². The van der Waals surface area contributed by atoms with Crippen molar-refractivity contribution in [2.45, 2.75) is 25.8 Å². The SMILES string of the molecule is CC(=O)N1CCC[C@H]1c1nc(-c2ccncc2)cc(=O)[nH]1. The zero-order valence-corrected chi connectivity index (χ0v) is 11.7. The molecule has 0 saturated carbocycles. The number of hydrogen-bond acceptors (Lipinski definition) is 4. The summed E-state index contributed by atoms with van der Waals surface area (Å²) in [6, 6.07) is 4.94. The molecule has 6 heteroatoms. The fourth-order valence-corrected chi connectivity index (χ4v) is 2.73. The van der Waals surface area contributed by atoms with Gasteiger partial charge in [-0.2, -0.15) is 0 Å².